The molecule has 2 rings (SSSR count). The van der Waals surface area contributed by atoms with E-state index in [0.29, 0.717) is 6.54 Å². The predicted octanol–water partition coefficient (Wildman–Crippen LogP) is 0.549. The maximum absolute atomic E-state index is 11.7. The Labute approximate surface area is 124 Å². The molecule has 6 heteroatoms. The number of hydrogen-bond donors (Lipinski definition) is 2. The molecule has 0 aliphatic carbocycles. The van der Waals surface area contributed by atoms with Crippen LogP contribution in [0.4, 0.5) is 0 Å². The van der Waals surface area contributed by atoms with Crippen LogP contribution in [-0.4, -0.2) is 52.6 Å². The van der Waals surface area contributed by atoms with Crippen LogP contribution in [0.15, 0.2) is 17.1 Å². The van der Waals surface area contributed by atoms with E-state index in [-0.39, 0.29) is 17.8 Å². The summed E-state index contributed by atoms with van der Waals surface area (Å²) >= 11 is 0. The SMILES string of the molecule is O=c1cc(CN2CCOCC2)n(CCCCCO)cc1O. The number of aromatic hydroxyl groups is 1. The number of aromatic nitrogens is 1. The maximum Gasteiger partial charge on any atom is 0.223 e. The number of aliphatic hydroxyl groups is 1. The molecule has 1 aliphatic rings. The highest BCUT2D eigenvalue weighted by Crippen LogP contribution is 2.11. The van der Waals surface area contributed by atoms with Crippen molar-refractivity contribution in [2.45, 2.75) is 32.4 Å². The van der Waals surface area contributed by atoms with E-state index in [9.17, 15) is 9.90 Å². The Kier molecular flexibility index (Phi) is 6.22. The van der Waals surface area contributed by atoms with Gasteiger partial charge in [0, 0.05) is 44.5 Å². The van der Waals surface area contributed by atoms with Crippen molar-refractivity contribution < 1.29 is 14.9 Å². The lowest BCUT2D eigenvalue weighted by molar-refractivity contribution is 0.0330. The first-order chi connectivity index (χ1) is 10.2. The largest absolute Gasteiger partial charge is 0.503 e. The monoisotopic (exact) mass is 296 g/mol. The first-order valence-corrected chi connectivity index (χ1v) is 7.54. The van der Waals surface area contributed by atoms with Crippen molar-refractivity contribution in [2.24, 2.45) is 0 Å². The van der Waals surface area contributed by atoms with Gasteiger partial charge in [-0.05, 0) is 19.3 Å². The molecule has 1 aromatic heterocycles. The fourth-order valence-corrected chi connectivity index (χ4v) is 2.51. The first-order valence-electron chi connectivity index (χ1n) is 7.54. The summed E-state index contributed by atoms with van der Waals surface area (Å²) < 4.78 is 7.28. The Morgan fingerprint density at radius 2 is 1.95 bits per heavy atom. The van der Waals surface area contributed by atoms with Crippen molar-refractivity contribution in [1.82, 2.24) is 9.47 Å². The molecule has 0 amide bonds. The van der Waals surface area contributed by atoms with Crippen LogP contribution >= 0.6 is 0 Å². The molecule has 1 aliphatic heterocycles. The van der Waals surface area contributed by atoms with Gasteiger partial charge in [-0.3, -0.25) is 9.69 Å². The van der Waals surface area contributed by atoms with Crippen molar-refractivity contribution in [3.8, 4) is 5.75 Å². The Balaban J connectivity index is 2.05. The number of hydrogen-bond acceptors (Lipinski definition) is 5. The summed E-state index contributed by atoms with van der Waals surface area (Å²) in [7, 11) is 0. The van der Waals surface area contributed by atoms with E-state index in [1.165, 1.54) is 12.3 Å². The molecule has 0 saturated carbocycles. The van der Waals surface area contributed by atoms with Crippen LogP contribution in [0.3, 0.4) is 0 Å². The van der Waals surface area contributed by atoms with Crippen LogP contribution in [0, 0.1) is 0 Å². The lowest BCUT2D eigenvalue weighted by atomic mass is 10.2. The van der Waals surface area contributed by atoms with Crippen LogP contribution in [0.1, 0.15) is 25.0 Å². The number of pyridine rings is 1. The Hall–Kier alpha value is -1.37. The van der Waals surface area contributed by atoms with Crippen molar-refractivity contribution >= 4 is 0 Å². The van der Waals surface area contributed by atoms with Gasteiger partial charge in [0.05, 0.1) is 19.4 Å². The molecule has 0 unspecified atom stereocenters. The zero-order chi connectivity index (χ0) is 15.1. The Morgan fingerprint density at radius 3 is 2.67 bits per heavy atom. The highest BCUT2D eigenvalue weighted by molar-refractivity contribution is 5.20. The number of aryl methyl sites for hydroxylation is 1. The van der Waals surface area contributed by atoms with E-state index in [2.05, 4.69) is 4.90 Å². The molecule has 21 heavy (non-hydrogen) atoms. The van der Waals surface area contributed by atoms with Crippen LogP contribution in [0.2, 0.25) is 0 Å². The average molecular weight is 296 g/mol. The third-order valence-corrected chi connectivity index (χ3v) is 3.74. The predicted molar refractivity (Wildman–Crippen MR) is 79.4 cm³/mol. The van der Waals surface area contributed by atoms with E-state index in [4.69, 9.17) is 9.84 Å². The van der Waals surface area contributed by atoms with E-state index in [1.54, 1.807) is 0 Å². The molecule has 0 aromatic carbocycles. The lowest BCUT2D eigenvalue weighted by Crippen LogP contribution is -2.36. The smallest absolute Gasteiger partial charge is 0.223 e. The Bertz CT molecular complexity index is 495. The van der Waals surface area contributed by atoms with E-state index in [0.717, 1.165) is 57.8 Å². The minimum Gasteiger partial charge on any atom is -0.503 e. The number of unbranched alkanes of at least 4 members (excludes halogenated alkanes) is 2. The van der Waals surface area contributed by atoms with Gasteiger partial charge in [-0.15, -0.1) is 0 Å². The molecule has 0 bridgehead atoms. The summed E-state index contributed by atoms with van der Waals surface area (Å²) in [5.41, 5.74) is 0.591. The highest BCUT2D eigenvalue weighted by atomic mass is 16.5. The molecule has 0 atom stereocenters. The number of rotatable bonds is 7. The van der Waals surface area contributed by atoms with Crippen molar-refractivity contribution in [1.29, 1.82) is 0 Å². The second-order valence-electron chi connectivity index (χ2n) is 5.38. The molecule has 0 spiro atoms. The lowest BCUT2D eigenvalue weighted by Gasteiger charge is -2.27. The van der Waals surface area contributed by atoms with Crippen LogP contribution in [-0.2, 0) is 17.8 Å². The fourth-order valence-electron chi connectivity index (χ4n) is 2.51. The van der Waals surface area contributed by atoms with Crippen LogP contribution in [0.25, 0.3) is 0 Å². The molecule has 1 aromatic rings. The summed E-state index contributed by atoms with van der Waals surface area (Å²) in [4.78, 5) is 13.9. The van der Waals surface area contributed by atoms with Gasteiger partial charge in [-0.2, -0.15) is 0 Å². The molecule has 2 N–H and O–H groups in total. The maximum atomic E-state index is 11.7. The second kappa shape index (κ2) is 8.17. The van der Waals surface area contributed by atoms with Gasteiger partial charge in [0.2, 0.25) is 5.43 Å². The summed E-state index contributed by atoms with van der Waals surface area (Å²) in [5, 5.41) is 18.4. The summed E-state index contributed by atoms with van der Waals surface area (Å²) in [6.07, 6.45) is 4.15. The summed E-state index contributed by atoms with van der Waals surface area (Å²) in [6.45, 7) is 4.80. The Morgan fingerprint density at radius 1 is 1.19 bits per heavy atom. The van der Waals surface area contributed by atoms with Gasteiger partial charge in [-0.25, -0.2) is 0 Å². The minimum absolute atomic E-state index is 0.204. The average Bonchev–Trinajstić information content (AvgIpc) is 2.49. The zero-order valence-corrected chi connectivity index (χ0v) is 12.3. The quantitative estimate of drug-likeness (QED) is 0.719. The van der Waals surface area contributed by atoms with Crippen LogP contribution < -0.4 is 5.43 Å². The third-order valence-electron chi connectivity index (χ3n) is 3.74. The van der Waals surface area contributed by atoms with E-state index < -0.39 is 0 Å². The molecule has 1 fully saturated rings. The molecular formula is C15H24N2O4. The molecule has 0 radical (unpaired) electrons. The number of aliphatic hydroxyl groups excluding tert-OH is 1. The van der Waals surface area contributed by atoms with E-state index in [1.807, 2.05) is 4.57 Å². The molecule has 2 heterocycles. The van der Waals surface area contributed by atoms with Gasteiger partial charge in [0.25, 0.3) is 0 Å². The molecular weight excluding hydrogens is 272 g/mol. The fraction of sp³-hybridized carbons (Fsp3) is 0.667. The standard InChI is InChI=1S/C15H24N2O4/c18-7-3-1-2-4-17-12-15(20)14(19)10-13(17)11-16-5-8-21-9-6-16/h10,12,18,20H,1-9,11H2. The number of ether oxygens (including phenoxy) is 1. The normalized spacial score (nSPS) is 16.2. The zero-order valence-electron chi connectivity index (χ0n) is 12.3. The van der Waals surface area contributed by atoms with Crippen molar-refractivity contribution in [3.05, 3.63) is 28.2 Å². The second-order valence-corrected chi connectivity index (χ2v) is 5.38. The van der Waals surface area contributed by atoms with Gasteiger partial charge >= 0.3 is 0 Å². The van der Waals surface area contributed by atoms with Gasteiger partial charge in [0.15, 0.2) is 5.75 Å². The molecule has 6 nitrogen and oxygen atoms in total. The number of nitrogens with zero attached hydrogens (tertiary/aromatic N) is 2. The first kappa shape index (κ1) is 16.0. The number of morpholine rings is 1. The summed E-state index contributed by atoms with van der Waals surface area (Å²) in [5.74, 6) is -0.206. The third kappa shape index (κ3) is 4.84. The van der Waals surface area contributed by atoms with Gasteiger partial charge < -0.3 is 19.5 Å². The van der Waals surface area contributed by atoms with Crippen molar-refractivity contribution in [3.63, 3.8) is 0 Å². The summed E-state index contributed by atoms with van der Waals surface area (Å²) in [6, 6.07) is 1.52. The van der Waals surface area contributed by atoms with E-state index >= 15 is 0 Å². The van der Waals surface area contributed by atoms with Crippen LogP contribution in [0.5, 0.6) is 5.75 Å². The van der Waals surface area contributed by atoms with Gasteiger partial charge in [0.1, 0.15) is 0 Å². The minimum atomic E-state index is -0.329. The highest BCUT2D eigenvalue weighted by Gasteiger charge is 2.14. The topological polar surface area (TPSA) is 74.9 Å². The molecule has 1 saturated heterocycles. The molecule has 118 valence electrons. The van der Waals surface area contributed by atoms with Gasteiger partial charge in [-0.1, -0.05) is 0 Å². The van der Waals surface area contributed by atoms with Crippen molar-refractivity contribution in [2.75, 3.05) is 32.9 Å².